The molecule has 1 aliphatic heterocycles. The monoisotopic (exact) mass is 459 g/mol. The number of aryl methyl sites for hydroxylation is 1. The Balaban J connectivity index is 1.55. The smallest absolute Gasteiger partial charge is 0.242 e. The van der Waals surface area contributed by atoms with E-state index in [1.165, 1.54) is 18.4 Å². The van der Waals surface area contributed by atoms with Gasteiger partial charge in [0.1, 0.15) is 11.6 Å². The van der Waals surface area contributed by atoms with Crippen molar-refractivity contribution in [1.82, 2.24) is 24.1 Å². The largest absolute Gasteiger partial charge is 0.467 e. The first-order valence-corrected chi connectivity index (χ1v) is 12.2. The Labute approximate surface area is 188 Å². The molecule has 1 N–H and O–H groups in total. The lowest BCUT2D eigenvalue weighted by atomic mass is 10.2. The third-order valence-electron chi connectivity index (χ3n) is 5.92. The molecule has 0 bridgehead atoms. The van der Waals surface area contributed by atoms with Crippen LogP contribution < -0.4 is 5.32 Å². The highest BCUT2D eigenvalue weighted by molar-refractivity contribution is 7.89. The second-order valence-electron chi connectivity index (χ2n) is 8.14. The van der Waals surface area contributed by atoms with Crippen molar-refractivity contribution < 1.29 is 17.6 Å². The second kappa shape index (κ2) is 9.05. The summed E-state index contributed by atoms with van der Waals surface area (Å²) in [5.74, 6) is 1.53. The molecule has 0 radical (unpaired) electrons. The van der Waals surface area contributed by atoms with Crippen molar-refractivity contribution in [2.75, 3.05) is 20.6 Å². The Kier molecular flexibility index (Phi) is 6.36. The summed E-state index contributed by atoms with van der Waals surface area (Å²) in [6, 6.07) is 8.46. The van der Waals surface area contributed by atoms with Gasteiger partial charge in [-0.25, -0.2) is 17.7 Å². The van der Waals surface area contributed by atoms with E-state index in [0.29, 0.717) is 25.2 Å². The van der Waals surface area contributed by atoms with E-state index in [2.05, 4.69) is 14.8 Å². The highest BCUT2D eigenvalue weighted by Gasteiger charge is 2.32. The van der Waals surface area contributed by atoms with E-state index in [1.54, 1.807) is 24.5 Å². The Bertz CT molecular complexity index is 1200. The lowest BCUT2D eigenvalue weighted by molar-refractivity contribution is -0.125. The predicted molar refractivity (Wildman–Crippen MR) is 120 cm³/mol. The molecule has 1 unspecified atom stereocenters. The molecule has 9 nitrogen and oxygen atoms in total. The summed E-state index contributed by atoms with van der Waals surface area (Å²) < 4.78 is 33.6. The summed E-state index contributed by atoms with van der Waals surface area (Å²) in [7, 11) is -0.505. The Morgan fingerprint density at radius 2 is 2.12 bits per heavy atom. The minimum atomic E-state index is -3.53. The van der Waals surface area contributed by atoms with Gasteiger partial charge in [0.2, 0.25) is 15.9 Å². The van der Waals surface area contributed by atoms with Crippen molar-refractivity contribution in [3.63, 3.8) is 0 Å². The molecular weight excluding hydrogens is 430 g/mol. The fraction of sp³-hybridized carbons (Fsp3) is 0.455. The molecule has 2 aromatic heterocycles. The number of hydrogen-bond acceptors (Lipinski definition) is 6. The van der Waals surface area contributed by atoms with E-state index in [0.717, 1.165) is 36.5 Å². The van der Waals surface area contributed by atoms with Crippen LogP contribution in [0.15, 0.2) is 45.9 Å². The Morgan fingerprint density at radius 1 is 1.31 bits per heavy atom. The lowest BCUT2D eigenvalue weighted by Crippen LogP contribution is -2.42. The number of benzene rings is 1. The summed E-state index contributed by atoms with van der Waals surface area (Å²) in [5, 5.41) is 2.96. The van der Waals surface area contributed by atoms with E-state index in [-0.39, 0.29) is 16.8 Å². The Hall–Kier alpha value is -2.69. The van der Waals surface area contributed by atoms with Crippen LogP contribution in [0.3, 0.4) is 0 Å². The first kappa shape index (κ1) is 22.5. The van der Waals surface area contributed by atoms with E-state index in [9.17, 15) is 13.2 Å². The molecule has 0 spiro atoms. The molecule has 1 atom stereocenters. The van der Waals surface area contributed by atoms with Gasteiger partial charge in [-0.2, -0.15) is 0 Å². The molecule has 10 heteroatoms. The predicted octanol–water partition coefficient (Wildman–Crippen LogP) is 2.18. The van der Waals surface area contributed by atoms with Gasteiger partial charge in [0, 0.05) is 20.6 Å². The van der Waals surface area contributed by atoms with Crippen LogP contribution in [0.5, 0.6) is 0 Å². The van der Waals surface area contributed by atoms with E-state index in [1.807, 2.05) is 19.1 Å². The zero-order valence-electron chi connectivity index (χ0n) is 18.6. The molecule has 1 saturated heterocycles. The number of aromatic nitrogens is 2. The topological polar surface area (TPSA) is 101 Å². The number of amides is 1. The standard InChI is InChI=1S/C22H29N5O4S/c1-4-27-19-10-9-17(32(29,30)25(2)3)13-18(19)24-21(27)15-26-11-5-8-20(26)22(28)23-14-16-7-6-12-31-16/h6-7,9-10,12-13,20H,4-5,8,11,14-15H2,1-3H3,(H,23,28). The Morgan fingerprint density at radius 3 is 2.81 bits per heavy atom. The number of rotatable bonds is 8. The third kappa shape index (κ3) is 4.30. The first-order valence-electron chi connectivity index (χ1n) is 10.8. The number of fused-ring (bicyclic) bond motifs is 1. The van der Waals surface area contributed by atoms with Crippen LogP contribution in [0.25, 0.3) is 11.0 Å². The fourth-order valence-corrected chi connectivity index (χ4v) is 5.13. The van der Waals surface area contributed by atoms with Gasteiger partial charge in [-0.3, -0.25) is 9.69 Å². The minimum Gasteiger partial charge on any atom is -0.467 e. The fourth-order valence-electron chi connectivity index (χ4n) is 4.20. The molecule has 1 aliphatic rings. The maximum absolute atomic E-state index is 12.8. The van der Waals surface area contributed by atoms with Crippen LogP contribution in [0.1, 0.15) is 31.4 Å². The maximum Gasteiger partial charge on any atom is 0.242 e. The molecule has 0 saturated carbocycles. The van der Waals surface area contributed by atoms with Crippen molar-refractivity contribution in [2.45, 2.75) is 50.3 Å². The maximum atomic E-state index is 12.8. The summed E-state index contributed by atoms with van der Waals surface area (Å²) in [6.07, 6.45) is 3.33. The van der Waals surface area contributed by atoms with E-state index in [4.69, 9.17) is 9.40 Å². The summed E-state index contributed by atoms with van der Waals surface area (Å²) in [5.41, 5.74) is 1.53. The molecule has 4 rings (SSSR count). The van der Waals surface area contributed by atoms with Gasteiger partial charge < -0.3 is 14.3 Å². The minimum absolute atomic E-state index is 0.0163. The van der Waals surface area contributed by atoms with Crippen LogP contribution in [-0.2, 0) is 34.5 Å². The van der Waals surface area contributed by atoms with Gasteiger partial charge in [-0.15, -0.1) is 0 Å². The number of nitrogens with zero attached hydrogens (tertiary/aromatic N) is 4. The molecule has 172 valence electrons. The molecule has 3 aromatic rings. The molecule has 32 heavy (non-hydrogen) atoms. The average Bonchev–Trinajstić information content (AvgIpc) is 3.51. The van der Waals surface area contributed by atoms with Crippen molar-refractivity contribution >= 4 is 27.0 Å². The molecule has 1 fully saturated rings. The van der Waals surface area contributed by atoms with Crippen LogP contribution in [0.4, 0.5) is 0 Å². The van der Waals surface area contributed by atoms with Crippen LogP contribution in [0, 0.1) is 0 Å². The summed E-state index contributed by atoms with van der Waals surface area (Å²) in [6.45, 7) is 4.44. The summed E-state index contributed by atoms with van der Waals surface area (Å²) in [4.78, 5) is 19.9. The van der Waals surface area contributed by atoms with Gasteiger partial charge in [-0.05, 0) is 56.6 Å². The number of furan rings is 1. The molecule has 0 aliphatic carbocycles. The highest BCUT2D eigenvalue weighted by Crippen LogP contribution is 2.25. The quantitative estimate of drug-likeness (QED) is 0.554. The SMILES string of the molecule is CCn1c(CN2CCCC2C(=O)NCc2ccco2)nc2cc(S(=O)(=O)N(C)C)ccc21. The zero-order valence-corrected chi connectivity index (χ0v) is 19.4. The summed E-state index contributed by atoms with van der Waals surface area (Å²) >= 11 is 0. The van der Waals surface area contributed by atoms with Gasteiger partial charge in [0.15, 0.2) is 0 Å². The second-order valence-corrected chi connectivity index (χ2v) is 10.3. The van der Waals surface area contributed by atoms with Gasteiger partial charge in [0.25, 0.3) is 0 Å². The van der Waals surface area contributed by atoms with Gasteiger partial charge >= 0.3 is 0 Å². The van der Waals surface area contributed by atoms with Crippen LogP contribution >= 0.6 is 0 Å². The van der Waals surface area contributed by atoms with E-state index >= 15 is 0 Å². The number of imidazole rings is 1. The van der Waals surface area contributed by atoms with Crippen LogP contribution in [0.2, 0.25) is 0 Å². The molecule has 3 heterocycles. The number of hydrogen-bond donors (Lipinski definition) is 1. The number of likely N-dealkylation sites (tertiary alicyclic amines) is 1. The van der Waals surface area contributed by atoms with Gasteiger partial charge in [-0.1, -0.05) is 0 Å². The first-order chi connectivity index (χ1) is 15.3. The highest BCUT2D eigenvalue weighted by atomic mass is 32.2. The van der Waals surface area contributed by atoms with Gasteiger partial charge in [0.05, 0.1) is 41.3 Å². The number of nitrogens with one attached hydrogen (secondary N) is 1. The lowest BCUT2D eigenvalue weighted by Gasteiger charge is -2.23. The van der Waals surface area contributed by atoms with Crippen molar-refractivity contribution in [2.24, 2.45) is 0 Å². The third-order valence-corrected chi connectivity index (χ3v) is 7.73. The molecular formula is C22H29N5O4S. The number of carbonyl (C=O) groups is 1. The van der Waals surface area contributed by atoms with Crippen LogP contribution in [-0.4, -0.2) is 59.8 Å². The molecule has 1 amide bonds. The number of carbonyl (C=O) groups excluding carboxylic acids is 1. The van der Waals surface area contributed by atoms with Crippen molar-refractivity contribution in [3.8, 4) is 0 Å². The van der Waals surface area contributed by atoms with Crippen molar-refractivity contribution in [1.29, 1.82) is 0 Å². The van der Waals surface area contributed by atoms with Crippen molar-refractivity contribution in [3.05, 3.63) is 48.2 Å². The van der Waals surface area contributed by atoms with E-state index < -0.39 is 10.0 Å². The molecule has 1 aromatic carbocycles. The normalized spacial score (nSPS) is 17.4. The zero-order chi connectivity index (χ0) is 22.9. The average molecular weight is 460 g/mol. The number of sulfonamides is 1.